The van der Waals surface area contributed by atoms with E-state index in [2.05, 4.69) is 4.98 Å². The van der Waals surface area contributed by atoms with Crippen molar-refractivity contribution in [2.75, 3.05) is 0 Å². The van der Waals surface area contributed by atoms with Crippen LogP contribution in [0.3, 0.4) is 0 Å². The summed E-state index contributed by atoms with van der Waals surface area (Å²) < 4.78 is 38.8. The average molecular weight is 262 g/mol. The summed E-state index contributed by atoms with van der Waals surface area (Å²) in [7, 11) is 0. The molecule has 0 aliphatic carbocycles. The Morgan fingerprint density at radius 2 is 1.79 bits per heavy atom. The number of alkyl halides is 3. The summed E-state index contributed by atoms with van der Waals surface area (Å²) in [5, 5.41) is 8.74. The standard InChI is InChI=1S/C14H9F3N2/c15-14(16,17)12-7-9-19-13(11(12)6-8-18)10-4-2-1-3-5-10/h1-5,7,9H,6H2. The molecule has 0 unspecified atom stereocenters. The molecular weight excluding hydrogens is 253 g/mol. The molecule has 19 heavy (non-hydrogen) atoms. The van der Waals surface area contributed by atoms with Crippen molar-refractivity contribution in [1.29, 1.82) is 5.26 Å². The van der Waals surface area contributed by atoms with Crippen LogP contribution >= 0.6 is 0 Å². The predicted molar refractivity (Wildman–Crippen MR) is 64.0 cm³/mol. The van der Waals surface area contributed by atoms with E-state index in [0.29, 0.717) is 5.56 Å². The highest BCUT2D eigenvalue weighted by atomic mass is 19.4. The molecule has 0 bridgehead atoms. The molecule has 5 heteroatoms. The molecule has 0 atom stereocenters. The number of pyridine rings is 1. The monoisotopic (exact) mass is 262 g/mol. The third kappa shape index (κ3) is 2.74. The minimum Gasteiger partial charge on any atom is -0.256 e. The van der Waals surface area contributed by atoms with Crippen molar-refractivity contribution < 1.29 is 13.2 Å². The Morgan fingerprint density at radius 1 is 1.11 bits per heavy atom. The first kappa shape index (κ1) is 13.1. The van der Waals surface area contributed by atoms with Crippen molar-refractivity contribution >= 4 is 0 Å². The van der Waals surface area contributed by atoms with Crippen molar-refractivity contribution in [1.82, 2.24) is 4.98 Å². The van der Waals surface area contributed by atoms with Gasteiger partial charge in [0.05, 0.1) is 23.7 Å². The van der Waals surface area contributed by atoms with E-state index in [1.165, 1.54) is 0 Å². The van der Waals surface area contributed by atoms with Crippen LogP contribution in [0, 0.1) is 11.3 Å². The normalized spacial score (nSPS) is 11.1. The minimum absolute atomic E-state index is 0.0799. The molecule has 1 heterocycles. The Kier molecular flexibility index (Phi) is 3.52. The number of aromatic nitrogens is 1. The SMILES string of the molecule is N#CCc1c(C(F)(F)F)ccnc1-c1ccccc1. The zero-order valence-corrected chi connectivity index (χ0v) is 9.78. The van der Waals surface area contributed by atoms with Crippen LogP contribution in [0.25, 0.3) is 11.3 Å². The average Bonchev–Trinajstić information content (AvgIpc) is 2.39. The number of hydrogen-bond donors (Lipinski definition) is 0. The summed E-state index contributed by atoms with van der Waals surface area (Å²) in [6.07, 6.45) is -3.70. The van der Waals surface area contributed by atoms with Crippen LogP contribution in [-0.4, -0.2) is 4.98 Å². The van der Waals surface area contributed by atoms with Gasteiger partial charge in [0, 0.05) is 17.3 Å². The maximum atomic E-state index is 12.9. The summed E-state index contributed by atoms with van der Waals surface area (Å²) >= 11 is 0. The lowest BCUT2D eigenvalue weighted by Gasteiger charge is -2.14. The van der Waals surface area contributed by atoms with Gasteiger partial charge in [0.2, 0.25) is 0 Å². The van der Waals surface area contributed by atoms with Crippen LogP contribution in [0.15, 0.2) is 42.6 Å². The van der Waals surface area contributed by atoms with Gasteiger partial charge in [-0.1, -0.05) is 30.3 Å². The van der Waals surface area contributed by atoms with E-state index in [9.17, 15) is 13.2 Å². The van der Waals surface area contributed by atoms with E-state index in [1.54, 1.807) is 36.4 Å². The molecule has 2 rings (SSSR count). The second kappa shape index (κ2) is 5.11. The molecule has 1 aromatic carbocycles. The largest absolute Gasteiger partial charge is 0.416 e. The number of benzene rings is 1. The molecule has 1 aromatic heterocycles. The topological polar surface area (TPSA) is 36.7 Å². The Bertz CT molecular complexity index is 613. The van der Waals surface area contributed by atoms with Crippen LogP contribution < -0.4 is 0 Å². The lowest BCUT2D eigenvalue weighted by molar-refractivity contribution is -0.138. The van der Waals surface area contributed by atoms with Gasteiger partial charge in [0.25, 0.3) is 0 Å². The number of halogens is 3. The van der Waals surface area contributed by atoms with Gasteiger partial charge in [-0.25, -0.2) is 0 Å². The van der Waals surface area contributed by atoms with Gasteiger partial charge in [-0.3, -0.25) is 4.98 Å². The molecule has 0 N–H and O–H groups in total. The van der Waals surface area contributed by atoms with E-state index in [4.69, 9.17) is 5.26 Å². The van der Waals surface area contributed by atoms with Crippen LogP contribution in [0.5, 0.6) is 0 Å². The Balaban J connectivity index is 2.66. The summed E-state index contributed by atoms with van der Waals surface area (Å²) in [6.45, 7) is 0. The molecular formula is C14H9F3N2. The lowest BCUT2D eigenvalue weighted by Crippen LogP contribution is -2.11. The van der Waals surface area contributed by atoms with Crippen LogP contribution in [-0.2, 0) is 12.6 Å². The zero-order valence-electron chi connectivity index (χ0n) is 9.78. The maximum Gasteiger partial charge on any atom is 0.416 e. The quantitative estimate of drug-likeness (QED) is 0.824. The lowest BCUT2D eigenvalue weighted by atomic mass is 9.98. The van der Waals surface area contributed by atoms with Crippen molar-refractivity contribution in [2.45, 2.75) is 12.6 Å². The fourth-order valence-electron chi connectivity index (χ4n) is 1.86. The van der Waals surface area contributed by atoms with E-state index in [0.717, 1.165) is 12.3 Å². The van der Waals surface area contributed by atoms with Gasteiger partial charge in [0.15, 0.2) is 0 Å². The molecule has 0 aliphatic rings. The van der Waals surface area contributed by atoms with E-state index in [1.807, 2.05) is 0 Å². The first-order valence-corrected chi connectivity index (χ1v) is 5.51. The first-order chi connectivity index (χ1) is 9.04. The fourth-order valence-corrected chi connectivity index (χ4v) is 1.86. The van der Waals surface area contributed by atoms with Gasteiger partial charge in [-0.15, -0.1) is 0 Å². The summed E-state index contributed by atoms with van der Waals surface area (Å²) in [4.78, 5) is 3.99. The van der Waals surface area contributed by atoms with Gasteiger partial charge >= 0.3 is 6.18 Å². The molecule has 2 nitrogen and oxygen atoms in total. The molecule has 0 radical (unpaired) electrons. The van der Waals surface area contributed by atoms with E-state index >= 15 is 0 Å². The highest BCUT2D eigenvalue weighted by Crippen LogP contribution is 2.35. The molecule has 0 spiro atoms. The maximum absolute atomic E-state index is 12.9. The summed E-state index contributed by atoms with van der Waals surface area (Å²) in [5.41, 5.74) is -0.109. The molecule has 96 valence electrons. The van der Waals surface area contributed by atoms with Gasteiger partial charge in [0.1, 0.15) is 0 Å². The molecule has 0 saturated carbocycles. The van der Waals surface area contributed by atoms with Crippen molar-refractivity contribution in [3.63, 3.8) is 0 Å². The van der Waals surface area contributed by atoms with Crippen LogP contribution in [0.4, 0.5) is 13.2 Å². The molecule has 0 amide bonds. The summed E-state index contributed by atoms with van der Waals surface area (Å²) in [6, 6.07) is 11.2. The Morgan fingerprint density at radius 3 is 2.37 bits per heavy atom. The van der Waals surface area contributed by atoms with Crippen molar-refractivity contribution in [2.24, 2.45) is 0 Å². The third-order valence-electron chi connectivity index (χ3n) is 2.66. The zero-order chi connectivity index (χ0) is 13.9. The van der Waals surface area contributed by atoms with Gasteiger partial charge in [-0.2, -0.15) is 18.4 Å². The molecule has 0 fully saturated rings. The van der Waals surface area contributed by atoms with Crippen LogP contribution in [0.1, 0.15) is 11.1 Å². The van der Waals surface area contributed by atoms with Crippen LogP contribution in [0.2, 0.25) is 0 Å². The minimum atomic E-state index is -4.49. The Hall–Kier alpha value is -2.35. The number of nitrogens with zero attached hydrogens (tertiary/aromatic N) is 2. The highest BCUT2D eigenvalue weighted by Gasteiger charge is 2.34. The second-order valence-electron chi connectivity index (χ2n) is 3.88. The second-order valence-corrected chi connectivity index (χ2v) is 3.88. The van der Waals surface area contributed by atoms with Crippen molar-refractivity contribution in [3.8, 4) is 17.3 Å². The van der Waals surface area contributed by atoms with Gasteiger partial charge < -0.3 is 0 Å². The molecule has 0 saturated heterocycles. The Labute approximate surface area is 108 Å². The summed E-state index contributed by atoms with van der Waals surface area (Å²) in [5.74, 6) is 0. The third-order valence-corrected chi connectivity index (χ3v) is 2.66. The van der Waals surface area contributed by atoms with E-state index < -0.39 is 11.7 Å². The van der Waals surface area contributed by atoms with E-state index in [-0.39, 0.29) is 17.7 Å². The number of rotatable bonds is 2. The predicted octanol–water partition coefficient (Wildman–Crippen LogP) is 3.83. The number of nitriles is 1. The van der Waals surface area contributed by atoms with Gasteiger partial charge in [-0.05, 0) is 6.07 Å². The van der Waals surface area contributed by atoms with Crippen molar-refractivity contribution in [3.05, 3.63) is 53.7 Å². The number of hydrogen-bond acceptors (Lipinski definition) is 2. The first-order valence-electron chi connectivity index (χ1n) is 5.51. The fraction of sp³-hybridized carbons (Fsp3) is 0.143. The molecule has 2 aromatic rings. The molecule has 0 aliphatic heterocycles. The highest BCUT2D eigenvalue weighted by molar-refractivity contribution is 5.65. The smallest absolute Gasteiger partial charge is 0.256 e.